The van der Waals surface area contributed by atoms with Gasteiger partial charge in [-0.2, -0.15) is 0 Å². The number of carbonyl (C=O) groups is 1. The van der Waals surface area contributed by atoms with Gasteiger partial charge in [0.25, 0.3) is 0 Å². The first kappa shape index (κ1) is 19.2. The van der Waals surface area contributed by atoms with Crippen molar-refractivity contribution in [2.75, 3.05) is 13.2 Å². The highest BCUT2D eigenvalue weighted by atomic mass is 32.1. The minimum Gasteiger partial charge on any atom is -0.494 e. The summed E-state index contributed by atoms with van der Waals surface area (Å²) in [7, 11) is 0. The fraction of sp³-hybridized carbons (Fsp3) is 0.217. The van der Waals surface area contributed by atoms with E-state index in [0.717, 1.165) is 33.8 Å². The van der Waals surface area contributed by atoms with Gasteiger partial charge in [0, 0.05) is 25.1 Å². The largest absolute Gasteiger partial charge is 0.494 e. The van der Waals surface area contributed by atoms with Gasteiger partial charge in [0.2, 0.25) is 5.91 Å². The topological polar surface area (TPSA) is 67.0 Å². The summed E-state index contributed by atoms with van der Waals surface area (Å²) in [5, 5.41) is 7.36. The van der Waals surface area contributed by atoms with E-state index in [0.29, 0.717) is 26.0 Å². The van der Waals surface area contributed by atoms with Gasteiger partial charge in [-0.25, -0.2) is 4.98 Å². The number of hydrogen-bond donors (Lipinski definition) is 2. The number of amides is 1. The Morgan fingerprint density at radius 3 is 2.86 bits per heavy atom. The normalized spacial score (nSPS) is 10.9. The second kappa shape index (κ2) is 9.39. The maximum Gasteiger partial charge on any atom is 0.220 e. The van der Waals surface area contributed by atoms with Crippen LogP contribution in [0.1, 0.15) is 18.5 Å². The molecular formula is C23H23N3O2S. The van der Waals surface area contributed by atoms with Crippen LogP contribution >= 0.6 is 11.3 Å². The first-order valence-electron chi connectivity index (χ1n) is 9.74. The Morgan fingerprint density at radius 1 is 1.10 bits per heavy atom. The monoisotopic (exact) mass is 405 g/mol. The summed E-state index contributed by atoms with van der Waals surface area (Å²) in [5.41, 5.74) is 2.02. The zero-order valence-electron chi connectivity index (χ0n) is 16.1. The lowest BCUT2D eigenvalue weighted by Crippen LogP contribution is -2.26. The van der Waals surface area contributed by atoms with E-state index in [-0.39, 0.29) is 5.91 Å². The fourth-order valence-electron chi connectivity index (χ4n) is 3.23. The highest BCUT2D eigenvalue weighted by Gasteiger charge is 2.09. The molecule has 0 bridgehead atoms. The van der Waals surface area contributed by atoms with Crippen LogP contribution in [0.15, 0.2) is 66.3 Å². The molecule has 0 aliphatic heterocycles. The van der Waals surface area contributed by atoms with E-state index in [1.54, 1.807) is 17.7 Å². The third-order valence-electron chi connectivity index (χ3n) is 4.71. The number of aromatic nitrogens is 2. The third kappa shape index (κ3) is 5.03. The molecule has 0 aliphatic carbocycles. The van der Waals surface area contributed by atoms with Crippen LogP contribution < -0.4 is 10.1 Å². The van der Waals surface area contributed by atoms with Crippen molar-refractivity contribution in [3.63, 3.8) is 0 Å². The van der Waals surface area contributed by atoms with Gasteiger partial charge in [0.1, 0.15) is 11.4 Å². The number of imidazole rings is 1. The summed E-state index contributed by atoms with van der Waals surface area (Å²) in [6, 6.07) is 18.3. The van der Waals surface area contributed by atoms with Gasteiger partial charge >= 0.3 is 0 Å². The van der Waals surface area contributed by atoms with Crippen LogP contribution in [0.5, 0.6) is 5.75 Å². The fourth-order valence-corrected chi connectivity index (χ4v) is 3.98. The molecule has 1 amide bonds. The molecule has 0 fully saturated rings. The molecular weight excluding hydrogens is 382 g/mol. The third-order valence-corrected chi connectivity index (χ3v) is 5.58. The molecule has 0 radical (unpaired) electrons. The number of carbonyl (C=O) groups excluding carboxylic acids is 1. The number of hydrogen-bond acceptors (Lipinski definition) is 4. The lowest BCUT2D eigenvalue weighted by Gasteiger charge is -2.08. The molecule has 29 heavy (non-hydrogen) atoms. The number of fused-ring (bicyclic) bond motifs is 1. The van der Waals surface area contributed by atoms with E-state index in [1.807, 2.05) is 35.7 Å². The van der Waals surface area contributed by atoms with Gasteiger partial charge in [0.05, 0.1) is 17.8 Å². The lowest BCUT2D eigenvalue weighted by atomic mass is 10.1. The standard InChI is InChI=1S/C23H23N3O2S/c27-22(24-12-11-20-23(26-16-25-20)21-7-4-14-29-21)8-3-13-28-19-10-9-17-5-1-2-6-18(17)15-19/h1-2,4-7,9-10,14-16H,3,8,11-13H2,(H,24,27)(H,25,26). The molecule has 0 unspecified atom stereocenters. The first-order chi connectivity index (χ1) is 14.3. The van der Waals surface area contributed by atoms with Crippen molar-refractivity contribution in [1.82, 2.24) is 15.3 Å². The minimum atomic E-state index is 0.0456. The van der Waals surface area contributed by atoms with Crippen LogP contribution in [0.4, 0.5) is 0 Å². The molecule has 2 N–H and O–H groups in total. The van der Waals surface area contributed by atoms with E-state index >= 15 is 0 Å². The van der Waals surface area contributed by atoms with Crippen molar-refractivity contribution in [3.8, 4) is 16.3 Å². The van der Waals surface area contributed by atoms with E-state index in [2.05, 4.69) is 39.6 Å². The zero-order chi connectivity index (χ0) is 19.9. The summed E-state index contributed by atoms with van der Waals surface area (Å²) in [4.78, 5) is 20.8. The number of nitrogens with zero attached hydrogens (tertiary/aromatic N) is 1. The second-order valence-corrected chi connectivity index (χ2v) is 7.72. The van der Waals surface area contributed by atoms with Crippen LogP contribution in [0.3, 0.4) is 0 Å². The van der Waals surface area contributed by atoms with Gasteiger partial charge in [-0.15, -0.1) is 11.3 Å². The molecule has 5 nitrogen and oxygen atoms in total. The first-order valence-corrected chi connectivity index (χ1v) is 10.6. The van der Waals surface area contributed by atoms with Crippen molar-refractivity contribution >= 4 is 28.0 Å². The molecule has 0 saturated carbocycles. The van der Waals surface area contributed by atoms with Gasteiger partial charge in [0.15, 0.2) is 0 Å². The van der Waals surface area contributed by atoms with E-state index in [9.17, 15) is 4.79 Å². The summed E-state index contributed by atoms with van der Waals surface area (Å²) in [6.45, 7) is 1.11. The van der Waals surface area contributed by atoms with Crippen molar-refractivity contribution in [1.29, 1.82) is 0 Å². The second-order valence-electron chi connectivity index (χ2n) is 6.77. The Morgan fingerprint density at radius 2 is 2.00 bits per heavy atom. The Hall–Kier alpha value is -3.12. The molecule has 148 valence electrons. The van der Waals surface area contributed by atoms with Crippen LogP contribution in [0.2, 0.25) is 0 Å². The predicted molar refractivity (Wildman–Crippen MR) is 117 cm³/mol. The number of aromatic amines is 1. The number of rotatable bonds is 9. The van der Waals surface area contributed by atoms with Gasteiger partial charge in [-0.05, 0) is 40.8 Å². The Labute approximate surface area is 173 Å². The molecule has 2 aromatic carbocycles. The maximum atomic E-state index is 12.1. The average molecular weight is 406 g/mol. The SMILES string of the molecule is O=C(CCCOc1ccc2ccccc2c1)NCCc1[nH]cnc1-c1cccs1. The van der Waals surface area contributed by atoms with Crippen molar-refractivity contribution in [2.24, 2.45) is 0 Å². The minimum absolute atomic E-state index is 0.0456. The lowest BCUT2D eigenvalue weighted by molar-refractivity contribution is -0.121. The highest BCUT2D eigenvalue weighted by Crippen LogP contribution is 2.25. The summed E-state index contributed by atoms with van der Waals surface area (Å²) < 4.78 is 5.79. The molecule has 4 aromatic rings. The predicted octanol–water partition coefficient (Wildman–Crippen LogP) is 4.81. The summed E-state index contributed by atoms with van der Waals surface area (Å²) >= 11 is 1.66. The molecule has 6 heteroatoms. The summed E-state index contributed by atoms with van der Waals surface area (Å²) in [5.74, 6) is 0.883. The van der Waals surface area contributed by atoms with Crippen LogP contribution in [0, 0.1) is 0 Å². The smallest absolute Gasteiger partial charge is 0.220 e. The van der Waals surface area contributed by atoms with E-state index in [1.165, 1.54) is 5.39 Å². The van der Waals surface area contributed by atoms with Crippen LogP contribution in [-0.4, -0.2) is 29.0 Å². The quantitative estimate of drug-likeness (QED) is 0.393. The Balaban J connectivity index is 1.17. The van der Waals surface area contributed by atoms with E-state index < -0.39 is 0 Å². The van der Waals surface area contributed by atoms with E-state index in [4.69, 9.17) is 4.74 Å². The van der Waals surface area contributed by atoms with Crippen molar-refractivity contribution in [3.05, 3.63) is 72.0 Å². The number of thiophene rings is 1. The molecule has 4 rings (SSSR count). The molecule has 2 heterocycles. The highest BCUT2D eigenvalue weighted by molar-refractivity contribution is 7.13. The van der Waals surface area contributed by atoms with Gasteiger partial charge < -0.3 is 15.0 Å². The average Bonchev–Trinajstić information content (AvgIpc) is 3.43. The van der Waals surface area contributed by atoms with Gasteiger partial charge in [-0.1, -0.05) is 36.4 Å². The van der Waals surface area contributed by atoms with Crippen LogP contribution in [-0.2, 0) is 11.2 Å². The number of H-pyrrole nitrogens is 1. The molecule has 0 aliphatic rings. The zero-order valence-corrected chi connectivity index (χ0v) is 16.9. The van der Waals surface area contributed by atoms with Gasteiger partial charge in [-0.3, -0.25) is 4.79 Å². The molecule has 0 spiro atoms. The van der Waals surface area contributed by atoms with Crippen LogP contribution in [0.25, 0.3) is 21.3 Å². The Bertz CT molecular complexity index is 1070. The number of benzene rings is 2. The Kier molecular flexibility index (Phi) is 6.22. The maximum absolute atomic E-state index is 12.1. The van der Waals surface area contributed by atoms with Crippen molar-refractivity contribution < 1.29 is 9.53 Å². The molecule has 0 atom stereocenters. The number of nitrogens with one attached hydrogen (secondary N) is 2. The molecule has 0 saturated heterocycles. The molecule has 2 aromatic heterocycles. The number of ether oxygens (including phenoxy) is 1. The van der Waals surface area contributed by atoms with Crippen molar-refractivity contribution in [2.45, 2.75) is 19.3 Å². The summed E-state index contributed by atoms with van der Waals surface area (Å²) in [6.07, 6.45) is 3.57.